The van der Waals surface area contributed by atoms with E-state index in [1.165, 1.54) is 9.80 Å². The average Bonchev–Trinajstić information content (AvgIpc) is 3.30. The topological polar surface area (TPSA) is 96.6 Å². The summed E-state index contributed by atoms with van der Waals surface area (Å²) < 4.78 is 5.24. The number of rotatable bonds is 6. The lowest BCUT2D eigenvalue weighted by molar-refractivity contribution is -0.140. The van der Waals surface area contributed by atoms with Crippen molar-refractivity contribution < 1.29 is 18.9 Å². The molecule has 1 aliphatic carbocycles. The molecule has 0 bridgehead atoms. The van der Waals surface area contributed by atoms with Crippen LogP contribution >= 0.6 is 11.6 Å². The van der Waals surface area contributed by atoms with Gasteiger partial charge in [-0.15, -0.1) is 0 Å². The van der Waals surface area contributed by atoms with Gasteiger partial charge in [0.1, 0.15) is 0 Å². The van der Waals surface area contributed by atoms with Crippen molar-refractivity contribution >= 4 is 29.3 Å². The van der Waals surface area contributed by atoms with Crippen LogP contribution in [0.1, 0.15) is 38.0 Å². The molecule has 9 heteroatoms. The maximum absolute atomic E-state index is 12.5. The highest BCUT2D eigenvalue weighted by atomic mass is 35.5. The number of hydrogen-bond acceptors (Lipinski definition) is 6. The molecular weight excluding hydrogens is 408 g/mol. The third-order valence-corrected chi connectivity index (χ3v) is 6.10. The molecule has 0 N–H and O–H groups in total. The van der Waals surface area contributed by atoms with E-state index in [4.69, 9.17) is 16.1 Å². The Morgan fingerprint density at radius 1 is 1.17 bits per heavy atom. The van der Waals surface area contributed by atoms with E-state index in [0.29, 0.717) is 16.7 Å². The van der Waals surface area contributed by atoms with Crippen LogP contribution in [0.2, 0.25) is 5.02 Å². The summed E-state index contributed by atoms with van der Waals surface area (Å²) in [6, 6.07) is 7.04. The van der Waals surface area contributed by atoms with Crippen LogP contribution in [0.5, 0.6) is 0 Å². The SMILES string of the molecule is CN(Cc1nc(-c2ccc(Cl)cc2)no1)C(=O)CCN1C(=O)C2CCCCC2C1=O. The predicted molar refractivity (Wildman–Crippen MR) is 108 cm³/mol. The smallest absolute Gasteiger partial charge is 0.246 e. The normalized spacial score (nSPS) is 21.1. The number of nitrogens with zero attached hydrogens (tertiary/aromatic N) is 4. The van der Waals surface area contributed by atoms with E-state index in [9.17, 15) is 14.4 Å². The van der Waals surface area contributed by atoms with Gasteiger partial charge in [0, 0.05) is 30.6 Å². The molecule has 1 aromatic heterocycles. The lowest BCUT2D eigenvalue weighted by atomic mass is 9.81. The first-order chi connectivity index (χ1) is 14.4. The Bertz CT molecular complexity index is 934. The summed E-state index contributed by atoms with van der Waals surface area (Å²) in [5.74, 6) is -0.105. The van der Waals surface area contributed by atoms with Crippen LogP contribution in [0.3, 0.4) is 0 Å². The number of amides is 3. The first-order valence-electron chi connectivity index (χ1n) is 10.1. The zero-order valence-corrected chi connectivity index (χ0v) is 17.5. The van der Waals surface area contributed by atoms with Crippen LogP contribution in [-0.2, 0) is 20.9 Å². The predicted octanol–water partition coefficient (Wildman–Crippen LogP) is 2.91. The van der Waals surface area contributed by atoms with Gasteiger partial charge in [0.05, 0.1) is 18.4 Å². The van der Waals surface area contributed by atoms with Crippen molar-refractivity contribution in [2.75, 3.05) is 13.6 Å². The molecule has 30 heavy (non-hydrogen) atoms. The van der Waals surface area contributed by atoms with E-state index in [1.807, 2.05) is 0 Å². The quantitative estimate of drug-likeness (QED) is 0.653. The second-order valence-electron chi connectivity index (χ2n) is 7.84. The molecule has 0 radical (unpaired) electrons. The van der Waals surface area contributed by atoms with Crippen molar-refractivity contribution in [2.45, 2.75) is 38.6 Å². The van der Waals surface area contributed by atoms with Crippen molar-refractivity contribution in [1.82, 2.24) is 19.9 Å². The minimum atomic E-state index is -0.197. The number of hydrogen-bond donors (Lipinski definition) is 0. The summed E-state index contributed by atoms with van der Waals surface area (Å²) in [6.07, 6.45) is 3.58. The van der Waals surface area contributed by atoms with Crippen LogP contribution in [0, 0.1) is 11.8 Å². The molecule has 1 aliphatic heterocycles. The molecule has 0 spiro atoms. The molecule has 3 amide bonds. The minimum Gasteiger partial charge on any atom is -0.337 e. The molecule has 2 unspecified atom stereocenters. The van der Waals surface area contributed by atoms with Gasteiger partial charge >= 0.3 is 0 Å². The largest absolute Gasteiger partial charge is 0.337 e. The number of aromatic nitrogens is 2. The Labute approximate surface area is 179 Å². The fraction of sp³-hybridized carbons (Fsp3) is 0.476. The van der Waals surface area contributed by atoms with E-state index in [1.54, 1.807) is 31.3 Å². The second kappa shape index (κ2) is 8.55. The molecule has 2 fully saturated rings. The van der Waals surface area contributed by atoms with Gasteiger partial charge in [-0.2, -0.15) is 4.98 Å². The van der Waals surface area contributed by atoms with E-state index < -0.39 is 0 Å². The van der Waals surface area contributed by atoms with Gasteiger partial charge in [-0.25, -0.2) is 0 Å². The standard InChI is InChI=1S/C21H23ClN4O4/c1-25(12-17-23-19(24-30-17)13-6-8-14(22)9-7-13)18(27)10-11-26-20(28)15-4-2-3-5-16(15)21(26)29/h6-9,15-16H,2-5,10-12H2,1H3. The van der Waals surface area contributed by atoms with E-state index >= 15 is 0 Å². The van der Waals surface area contributed by atoms with Crippen LogP contribution < -0.4 is 0 Å². The Kier molecular flexibility index (Phi) is 5.85. The van der Waals surface area contributed by atoms with E-state index in [0.717, 1.165) is 31.2 Å². The molecular formula is C21H23ClN4O4. The monoisotopic (exact) mass is 430 g/mol. The molecule has 1 saturated heterocycles. The maximum Gasteiger partial charge on any atom is 0.246 e. The Hall–Kier alpha value is -2.74. The summed E-state index contributed by atoms with van der Waals surface area (Å²) in [6.45, 7) is 0.264. The number of benzene rings is 1. The molecule has 2 aliphatic rings. The Morgan fingerprint density at radius 2 is 1.80 bits per heavy atom. The third kappa shape index (κ3) is 4.09. The average molecular weight is 431 g/mol. The molecule has 8 nitrogen and oxygen atoms in total. The zero-order valence-electron chi connectivity index (χ0n) is 16.7. The van der Waals surface area contributed by atoms with Gasteiger partial charge in [-0.3, -0.25) is 19.3 Å². The molecule has 1 aromatic carbocycles. The highest BCUT2D eigenvalue weighted by molar-refractivity contribution is 6.30. The summed E-state index contributed by atoms with van der Waals surface area (Å²) >= 11 is 5.88. The Balaban J connectivity index is 1.32. The molecule has 2 aromatic rings. The zero-order chi connectivity index (χ0) is 21.3. The van der Waals surface area contributed by atoms with Gasteiger partial charge in [0.25, 0.3) is 0 Å². The first kappa shape index (κ1) is 20.5. The molecule has 158 valence electrons. The van der Waals surface area contributed by atoms with Crippen LogP contribution in [0.4, 0.5) is 0 Å². The van der Waals surface area contributed by atoms with Crippen molar-refractivity contribution in [2.24, 2.45) is 11.8 Å². The third-order valence-electron chi connectivity index (χ3n) is 5.85. The lowest BCUT2D eigenvalue weighted by Crippen LogP contribution is -2.36. The van der Waals surface area contributed by atoms with Gasteiger partial charge in [-0.05, 0) is 37.1 Å². The summed E-state index contributed by atoms with van der Waals surface area (Å²) in [5.41, 5.74) is 0.760. The highest BCUT2D eigenvalue weighted by Gasteiger charge is 2.47. The first-order valence-corrected chi connectivity index (χ1v) is 10.5. The second-order valence-corrected chi connectivity index (χ2v) is 8.28. The Morgan fingerprint density at radius 3 is 2.43 bits per heavy atom. The molecule has 4 rings (SSSR count). The summed E-state index contributed by atoms with van der Waals surface area (Å²) in [4.78, 5) is 44.6. The van der Waals surface area contributed by atoms with Crippen molar-refractivity contribution in [3.05, 3.63) is 35.2 Å². The number of fused-ring (bicyclic) bond motifs is 1. The van der Waals surface area contributed by atoms with E-state index in [-0.39, 0.29) is 49.1 Å². The fourth-order valence-electron chi connectivity index (χ4n) is 4.18. The highest BCUT2D eigenvalue weighted by Crippen LogP contribution is 2.38. The van der Waals surface area contributed by atoms with Gasteiger partial charge in [0.15, 0.2) is 0 Å². The number of likely N-dealkylation sites (tertiary alicyclic amines) is 1. The number of carbonyl (C=O) groups excluding carboxylic acids is 3. The molecule has 2 atom stereocenters. The maximum atomic E-state index is 12.5. The van der Waals surface area contributed by atoms with Crippen molar-refractivity contribution in [3.8, 4) is 11.4 Å². The van der Waals surface area contributed by atoms with Crippen LogP contribution in [0.25, 0.3) is 11.4 Å². The molecule has 1 saturated carbocycles. The number of imide groups is 1. The summed E-state index contributed by atoms with van der Waals surface area (Å²) in [5, 5.41) is 4.55. The molecule has 2 heterocycles. The van der Waals surface area contributed by atoms with Gasteiger partial charge in [0.2, 0.25) is 29.4 Å². The number of carbonyl (C=O) groups is 3. The van der Waals surface area contributed by atoms with Gasteiger partial charge in [-0.1, -0.05) is 29.6 Å². The summed E-state index contributed by atoms with van der Waals surface area (Å²) in [7, 11) is 1.63. The van der Waals surface area contributed by atoms with Crippen LogP contribution in [0.15, 0.2) is 28.8 Å². The number of halogens is 1. The van der Waals surface area contributed by atoms with Crippen molar-refractivity contribution in [3.63, 3.8) is 0 Å². The van der Waals surface area contributed by atoms with Gasteiger partial charge < -0.3 is 9.42 Å². The fourth-order valence-corrected chi connectivity index (χ4v) is 4.30. The van der Waals surface area contributed by atoms with Crippen molar-refractivity contribution in [1.29, 1.82) is 0 Å². The van der Waals surface area contributed by atoms with E-state index in [2.05, 4.69) is 10.1 Å². The van der Waals surface area contributed by atoms with Crippen LogP contribution in [-0.4, -0.2) is 51.3 Å². The lowest BCUT2D eigenvalue weighted by Gasteiger charge is -2.19. The minimum absolute atomic E-state index is 0.0750.